The topological polar surface area (TPSA) is 63.3 Å². The van der Waals surface area contributed by atoms with E-state index in [1.165, 1.54) is 19.1 Å². The molecule has 0 atom stereocenters. The third-order valence-electron chi connectivity index (χ3n) is 2.27. The average Bonchev–Trinajstić information content (AvgIpc) is 2.75. The normalized spacial score (nSPS) is 10.5. The van der Waals surface area contributed by atoms with Gasteiger partial charge in [0.2, 0.25) is 5.76 Å². The summed E-state index contributed by atoms with van der Waals surface area (Å²) >= 11 is 0. The average molecular weight is 239 g/mol. The molecule has 0 aliphatic carbocycles. The van der Waals surface area contributed by atoms with Gasteiger partial charge in [-0.15, -0.1) is 0 Å². The van der Waals surface area contributed by atoms with Crippen molar-refractivity contribution in [1.82, 2.24) is 5.16 Å². The highest BCUT2D eigenvalue weighted by atomic mass is 19.2. The first-order valence-corrected chi connectivity index (χ1v) is 4.65. The van der Waals surface area contributed by atoms with Gasteiger partial charge in [0.25, 0.3) is 0 Å². The summed E-state index contributed by atoms with van der Waals surface area (Å²) in [5.74, 6) is -3.81. The van der Waals surface area contributed by atoms with Crippen LogP contribution in [0, 0.1) is 18.6 Å². The molecule has 1 aromatic carbocycles. The maximum absolute atomic E-state index is 13.6. The summed E-state index contributed by atoms with van der Waals surface area (Å²) in [5, 5.41) is 12.0. The van der Waals surface area contributed by atoms with Crippen LogP contribution in [0.3, 0.4) is 0 Å². The highest BCUT2D eigenvalue weighted by Crippen LogP contribution is 2.25. The van der Waals surface area contributed by atoms with E-state index >= 15 is 0 Å². The van der Waals surface area contributed by atoms with Gasteiger partial charge in [-0.2, -0.15) is 0 Å². The lowest BCUT2D eigenvalue weighted by molar-refractivity contribution is 0.0652. The minimum absolute atomic E-state index is 0.0567. The van der Waals surface area contributed by atoms with E-state index in [1.807, 2.05) is 0 Å². The molecule has 0 radical (unpaired) electrons. The summed E-state index contributed by atoms with van der Waals surface area (Å²) < 4.78 is 31.3. The van der Waals surface area contributed by atoms with Crippen molar-refractivity contribution in [1.29, 1.82) is 0 Å². The number of aryl methyl sites for hydroxylation is 1. The number of rotatable bonds is 2. The Morgan fingerprint density at radius 2 is 2.06 bits per heavy atom. The standard InChI is InChI=1S/C11H7F2NO3/c1-5-2-3-6(10(13)9(5)12)7-4-8(11(15)16)17-14-7/h2-4H,1H3,(H,15,16). The zero-order chi connectivity index (χ0) is 12.6. The maximum atomic E-state index is 13.6. The summed E-state index contributed by atoms with van der Waals surface area (Å²) in [6, 6.07) is 3.73. The number of halogens is 2. The molecule has 1 aromatic heterocycles. The molecule has 17 heavy (non-hydrogen) atoms. The molecule has 0 aliphatic rings. The largest absolute Gasteiger partial charge is 0.475 e. The van der Waals surface area contributed by atoms with Crippen LogP contribution in [0.5, 0.6) is 0 Å². The molecule has 88 valence electrons. The molecule has 0 amide bonds. The second kappa shape index (κ2) is 3.97. The van der Waals surface area contributed by atoms with E-state index in [9.17, 15) is 13.6 Å². The van der Waals surface area contributed by atoms with Crippen molar-refractivity contribution < 1.29 is 23.2 Å². The van der Waals surface area contributed by atoms with Crippen molar-refractivity contribution in [2.75, 3.05) is 0 Å². The molecule has 0 aliphatic heterocycles. The highest BCUT2D eigenvalue weighted by Gasteiger charge is 2.18. The van der Waals surface area contributed by atoms with Crippen LogP contribution in [0.2, 0.25) is 0 Å². The third-order valence-corrected chi connectivity index (χ3v) is 2.27. The smallest absolute Gasteiger partial charge is 0.374 e. The van der Waals surface area contributed by atoms with Gasteiger partial charge in [-0.1, -0.05) is 11.2 Å². The Balaban J connectivity index is 2.53. The first-order valence-electron chi connectivity index (χ1n) is 4.65. The molecule has 0 unspecified atom stereocenters. The third kappa shape index (κ3) is 1.89. The van der Waals surface area contributed by atoms with Crippen LogP contribution >= 0.6 is 0 Å². The van der Waals surface area contributed by atoms with E-state index in [-0.39, 0.29) is 16.8 Å². The van der Waals surface area contributed by atoms with Crippen LogP contribution < -0.4 is 0 Å². The summed E-state index contributed by atoms with van der Waals surface area (Å²) in [4.78, 5) is 10.5. The lowest BCUT2D eigenvalue weighted by atomic mass is 10.1. The van der Waals surface area contributed by atoms with E-state index in [4.69, 9.17) is 5.11 Å². The van der Waals surface area contributed by atoms with Crippen molar-refractivity contribution in [2.24, 2.45) is 0 Å². The SMILES string of the molecule is Cc1ccc(-c2cc(C(=O)O)on2)c(F)c1F. The van der Waals surface area contributed by atoms with Crippen molar-refractivity contribution in [3.63, 3.8) is 0 Å². The van der Waals surface area contributed by atoms with Crippen LogP contribution in [-0.4, -0.2) is 16.2 Å². The van der Waals surface area contributed by atoms with Gasteiger partial charge in [0.15, 0.2) is 11.6 Å². The lowest BCUT2D eigenvalue weighted by Gasteiger charge is -2.01. The van der Waals surface area contributed by atoms with Crippen LogP contribution in [0.25, 0.3) is 11.3 Å². The number of nitrogens with zero attached hydrogens (tertiary/aromatic N) is 1. The van der Waals surface area contributed by atoms with Gasteiger partial charge >= 0.3 is 5.97 Å². The van der Waals surface area contributed by atoms with Gasteiger partial charge in [-0.05, 0) is 18.6 Å². The predicted molar refractivity (Wildman–Crippen MR) is 53.6 cm³/mol. The van der Waals surface area contributed by atoms with Crippen molar-refractivity contribution in [3.8, 4) is 11.3 Å². The first-order chi connectivity index (χ1) is 8.00. The van der Waals surface area contributed by atoms with E-state index < -0.39 is 23.4 Å². The summed E-state index contributed by atoms with van der Waals surface area (Å²) in [5.41, 5.74) is -0.0312. The number of carboxylic acid groups (broad SMARTS) is 1. The Labute approximate surface area is 94.5 Å². The molecule has 2 aromatic rings. The van der Waals surface area contributed by atoms with Gasteiger partial charge in [0.1, 0.15) is 5.69 Å². The Morgan fingerprint density at radius 1 is 1.35 bits per heavy atom. The number of aromatic nitrogens is 1. The lowest BCUT2D eigenvalue weighted by Crippen LogP contribution is -1.93. The highest BCUT2D eigenvalue weighted by molar-refractivity contribution is 5.85. The molecule has 6 heteroatoms. The molecule has 0 fully saturated rings. The quantitative estimate of drug-likeness (QED) is 0.874. The van der Waals surface area contributed by atoms with Crippen LogP contribution in [-0.2, 0) is 0 Å². The number of aromatic carboxylic acids is 1. The Kier molecular flexibility index (Phi) is 2.63. The molecule has 4 nitrogen and oxygen atoms in total. The van der Waals surface area contributed by atoms with E-state index in [1.54, 1.807) is 0 Å². The maximum Gasteiger partial charge on any atom is 0.374 e. The van der Waals surface area contributed by atoms with Crippen LogP contribution in [0.4, 0.5) is 8.78 Å². The fourth-order valence-corrected chi connectivity index (χ4v) is 1.35. The second-order valence-corrected chi connectivity index (χ2v) is 3.44. The Morgan fingerprint density at radius 3 is 2.65 bits per heavy atom. The van der Waals surface area contributed by atoms with Crippen molar-refractivity contribution in [2.45, 2.75) is 6.92 Å². The second-order valence-electron chi connectivity index (χ2n) is 3.44. The van der Waals surface area contributed by atoms with Crippen LogP contribution in [0.1, 0.15) is 16.1 Å². The number of hydrogen-bond acceptors (Lipinski definition) is 3. The zero-order valence-electron chi connectivity index (χ0n) is 8.70. The van der Waals surface area contributed by atoms with E-state index in [0.29, 0.717) is 0 Å². The number of hydrogen-bond donors (Lipinski definition) is 1. The van der Waals surface area contributed by atoms with Gasteiger partial charge in [0, 0.05) is 11.6 Å². The van der Waals surface area contributed by atoms with Crippen LogP contribution in [0.15, 0.2) is 22.7 Å². The summed E-state index contributed by atoms with van der Waals surface area (Å²) in [6.07, 6.45) is 0. The minimum Gasteiger partial charge on any atom is -0.475 e. The minimum atomic E-state index is -1.32. The molecule has 2 rings (SSSR count). The number of benzene rings is 1. The van der Waals surface area contributed by atoms with Gasteiger partial charge in [-0.25, -0.2) is 13.6 Å². The number of carbonyl (C=O) groups is 1. The fraction of sp³-hybridized carbons (Fsp3) is 0.0909. The molecule has 0 spiro atoms. The molecule has 0 saturated heterocycles. The fourth-order valence-electron chi connectivity index (χ4n) is 1.35. The molecule has 0 bridgehead atoms. The molecule has 1 heterocycles. The van der Waals surface area contributed by atoms with Gasteiger partial charge in [0.05, 0.1) is 0 Å². The van der Waals surface area contributed by atoms with Crippen molar-refractivity contribution in [3.05, 3.63) is 41.2 Å². The zero-order valence-corrected chi connectivity index (χ0v) is 8.70. The van der Waals surface area contributed by atoms with Crippen molar-refractivity contribution >= 4 is 5.97 Å². The molecule has 1 N–H and O–H groups in total. The molecule has 0 saturated carbocycles. The van der Waals surface area contributed by atoms with E-state index in [0.717, 1.165) is 6.07 Å². The first kappa shape index (κ1) is 11.3. The number of carboxylic acids is 1. The van der Waals surface area contributed by atoms with Gasteiger partial charge in [-0.3, -0.25) is 0 Å². The molecular weight excluding hydrogens is 232 g/mol. The van der Waals surface area contributed by atoms with E-state index in [2.05, 4.69) is 9.68 Å². The monoisotopic (exact) mass is 239 g/mol. The Hall–Kier alpha value is -2.24. The Bertz CT molecular complexity index is 592. The predicted octanol–water partition coefficient (Wildman–Crippen LogP) is 2.63. The summed E-state index contributed by atoms with van der Waals surface area (Å²) in [7, 11) is 0. The van der Waals surface area contributed by atoms with Gasteiger partial charge < -0.3 is 9.63 Å². The molecular formula is C11H7F2NO3. The summed E-state index contributed by atoms with van der Waals surface area (Å²) in [6.45, 7) is 1.42.